The van der Waals surface area contributed by atoms with Crippen molar-refractivity contribution in [2.45, 2.75) is 0 Å². The molecule has 1 radical (unpaired) electrons. The van der Waals surface area contributed by atoms with Crippen LogP contribution in [-0.2, 0) is 17.1 Å². The monoisotopic (exact) mass is 260 g/mol. The molecule has 0 aliphatic rings. The molecular weight excluding hydrogens is 258 g/mol. The van der Waals surface area contributed by atoms with Crippen LogP contribution < -0.4 is 0 Å². The van der Waals surface area contributed by atoms with Crippen molar-refractivity contribution in [3.05, 3.63) is 46.0 Å². The molecule has 0 bridgehead atoms. The second kappa shape index (κ2) is 22.5. The van der Waals surface area contributed by atoms with Crippen LogP contribution >= 0.6 is 0 Å². The first-order valence-electron chi connectivity index (χ1n) is 1.64. The zero-order valence-electron chi connectivity index (χ0n) is 5.87. The Labute approximate surface area is 84.7 Å². The molecule has 0 spiro atoms. The summed E-state index contributed by atoms with van der Waals surface area (Å²) in [5.74, 6) is 0. The van der Waals surface area contributed by atoms with Crippen LogP contribution in [0.5, 0.6) is 0 Å². The molecular formula is H2FeN3O10. The maximum atomic E-state index is 8.25. The quantitative estimate of drug-likeness (QED) is 0.278. The minimum atomic E-state index is -1.75. The molecule has 0 fully saturated rings. The Bertz CT molecular complexity index is 113. The number of rotatable bonds is 0. The molecule has 0 atom stereocenters. The van der Waals surface area contributed by atoms with Gasteiger partial charge in [-0.05, 0) is 0 Å². The molecule has 2 N–H and O–H groups in total. The van der Waals surface area contributed by atoms with E-state index in [9.17, 15) is 0 Å². The summed E-state index contributed by atoms with van der Waals surface area (Å²) in [6.07, 6.45) is 0. The van der Waals surface area contributed by atoms with E-state index < -0.39 is 15.3 Å². The van der Waals surface area contributed by atoms with Crippen molar-refractivity contribution < 1.29 is 37.8 Å². The van der Waals surface area contributed by atoms with E-state index >= 15 is 0 Å². The van der Waals surface area contributed by atoms with Crippen LogP contribution in [0.4, 0.5) is 0 Å². The Morgan fingerprint density at radius 1 is 0.571 bits per heavy atom. The fourth-order valence-corrected chi connectivity index (χ4v) is 0. The molecule has 0 unspecified atom stereocenters. The normalized spacial score (nSPS) is 5.14. The summed E-state index contributed by atoms with van der Waals surface area (Å²) in [7, 11) is 0. The summed E-state index contributed by atoms with van der Waals surface area (Å²) in [6, 6.07) is 0. The third-order valence-electron chi connectivity index (χ3n) is 0. The average Bonchev–Trinajstić information content (AvgIpc) is 1.54. The van der Waals surface area contributed by atoms with E-state index in [1.807, 2.05) is 0 Å². The summed E-state index contributed by atoms with van der Waals surface area (Å²) >= 11 is 0. The molecule has 0 saturated carbocycles. The van der Waals surface area contributed by atoms with Crippen LogP contribution in [0.25, 0.3) is 0 Å². The predicted octanol–water partition coefficient (Wildman–Crippen LogP) is -1.54. The van der Waals surface area contributed by atoms with E-state index in [1.165, 1.54) is 0 Å². The first-order valence-corrected chi connectivity index (χ1v) is 1.64. The van der Waals surface area contributed by atoms with Crippen molar-refractivity contribution in [3.63, 3.8) is 0 Å². The van der Waals surface area contributed by atoms with Gasteiger partial charge < -0.3 is 51.4 Å². The van der Waals surface area contributed by atoms with Crippen molar-refractivity contribution in [3.8, 4) is 0 Å². The molecule has 14 heteroatoms. The third kappa shape index (κ3) is 225. The SMILES string of the molecule is O.O=[N+]([O-])[O-].O=[N+]([O-])[O-].O=[N+]([O-])[O-].[Fe+3]. The maximum absolute atomic E-state index is 8.25. The number of hydrogen-bond donors (Lipinski definition) is 0. The van der Waals surface area contributed by atoms with E-state index in [-0.39, 0.29) is 22.5 Å². The Morgan fingerprint density at radius 3 is 0.571 bits per heavy atom. The molecule has 0 aliphatic heterocycles. The Hall–Kier alpha value is -1.92. The van der Waals surface area contributed by atoms with Crippen molar-refractivity contribution >= 4 is 0 Å². The predicted molar refractivity (Wildman–Crippen MR) is 34.7 cm³/mol. The van der Waals surface area contributed by atoms with E-state index in [4.69, 9.17) is 46.0 Å². The van der Waals surface area contributed by atoms with Crippen LogP contribution in [0.15, 0.2) is 0 Å². The summed E-state index contributed by atoms with van der Waals surface area (Å²) in [5.41, 5.74) is 0. The molecule has 85 valence electrons. The summed E-state index contributed by atoms with van der Waals surface area (Å²) < 4.78 is 0. The van der Waals surface area contributed by atoms with Crippen LogP contribution in [-0.4, -0.2) is 20.7 Å². The first-order chi connectivity index (χ1) is 5.20. The standard InChI is InChI=1S/Fe.3NO3.H2O/c;3*2-1(3)4;/h;;;;1H2/q+3;3*-1;. The second-order valence-corrected chi connectivity index (χ2v) is 0.671. The van der Waals surface area contributed by atoms with Gasteiger partial charge in [-0.15, -0.1) is 0 Å². The zero-order valence-corrected chi connectivity index (χ0v) is 6.97. The molecule has 0 saturated heterocycles. The minimum Gasteiger partial charge on any atom is -0.412 e. The molecule has 0 aromatic carbocycles. The van der Waals surface area contributed by atoms with Crippen molar-refractivity contribution in [2.75, 3.05) is 0 Å². The van der Waals surface area contributed by atoms with Crippen LogP contribution in [0.2, 0.25) is 0 Å². The van der Waals surface area contributed by atoms with Crippen molar-refractivity contribution in [2.24, 2.45) is 0 Å². The minimum absolute atomic E-state index is 0. The second-order valence-electron chi connectivity index (χ2n) is 0.671. The zero-order chi connectivity index (χ0) is 10.7. The first kappa shape index (κ1) is 29.6. The van der Waals surface area contributed by atoms with Gasteiger partial charge in [0.15, 0.2) is 0 Å². The molecule has 0 aromatic heterocycles. The van der Waals surface area contributed by atoms with Gasteiger partial charge in [0.05, 0.1) is 15.3 Å². The molecule has 14 heavy (non-hydrogen) atoms. The molecule has 0 aromatic rings. The van der Waals surface area contributed by atoms with Crippen LogP contribution in [0.3, 0.4) is 0 Å². The van der Waals surface area contributed by atoms with Gasteiger partial charge >= 0.3 is 17.1 Å². The Kier molecular flexibility index (Phi) is 47.5. The van der Waals surface area contributed by atoms with Gasteiger partial charge in [0.25, 0.3) is 0 Å². The largest absolute Gasteiger partial charge is 3.00 e. The summed E-state index contributed by atoms with van der Waals surface area (Å²) in [6.45, 7) is 0. The number of hydrogen-bond acceptors (Lipinski definition) is 9. The fourth-order valence-electron chi connectivity index (χ4n) is 0. The summed E-state index contributed by atoms with van der Waals surface area (Å²) in [5, 5.41) is 44.2. The van der Waals surface area contributed by atoms with Crippen LogP contribution in [0.1, 0.15) is 0 Å². The van der Waals surface area contributed by atoms with Gasteiger partial charge in [0.1, 0.15) is 0 Å². The smallest absolute Gasteiger partial charge is 0.412 e. The molecule has 0 amide bonds. The van der Waals surface area contributed by atoms with E-state index in [0.29, 0.717) is 0 Å². The third-order valence-corrected chi connectivity index (χ3v) is 0. The van der Waals surface area contributed by atoms with E-state index in [2.05, 4.69) is 0 Å². The molecule has 13 nitrogen and oxygen atoms in total. The van der Waals surface area contributed by atoms with Gasteiger partial charge in [0, 0.05) is 0 Å². The van der Waals surface area contributed by atoms with Crippen molar-refractivity contribution in [1.29, 1.82) is 0 Å². The van der Waals surface area contributed by atoms with E-state index in [1.54, 1.807) is 0 Å². The van der Waals surface area contributed by atoms with Gasteiger partial charge in [-0.25, -0.2) is 0 Å². The van der Waals surface area contributed by atoms with Gasteiger partial charge in [-0.2, -0.15) is 0 Å². The van der Waals surface area contributed by atoms with Gasteiger partial charge in [-0.1, -0.05) is 0 Å². The fraction of sp³-hybridized carbons (Fsp3) is 0. The van der Waals surface area contributed by atoms with Crippen LogP contribution in [0, 0.1) is 46.0 Å². The average molecular weight is 260 g/mol. The Morgan fingerprint density at radius 2 is 0.571 bits per heavy atom. The molecule has 0 rings (SSSR count). The Balaban J connectivity index is -0.0000000270. The number of nitrogens with zero attached hydrogens (tertiary/aromatic N) is 3. The van der Waals surface area contributed by atoms with E-state index in [0.717, 1.165) is 0 Å². The van der Waals surface area contributed by atoms with Gasteiger partial charge in [-0.3, -0.25) is 0 Å². The molecule has 0 aliphatic carbocycles. The summed E-state index contributed by atoms with van der Waals surface area (Å²) in [4.78, 5) is 24.8. The molecule has 0 heterocycles. The van der Waals surface area contributed by atoms with Gasteiger partial charge in [0.2, 0.25) is 0 Å². The topological polar surface area (TPSA) is 230 Å². The van der Waals surface area contributed by atoms with Crippen molar-refractivity contribution in [1.82, 2.24) is 0 Å². The maximum Gasteiger partial charge on any atom is 3.00 e.